The molecule has 1 aromatic carbocycles. The third-order valence-electron chi connectivity index (χ3n) is 1.86. The number of benzene rings is 1. The molecule has 0 unspecified atom stereocenters. The van der Waals surface area contributed by atoms with Crippen LogP contribution in [0.2, 0.25) is 5.02 Å². The predicted molar refractivity (Wildman–Crippen MR) is 55.8 cm³/mol. The summed E-state index contributed by atoms with van der Waals surface area (Å²) in [7, 11) is 1.58. The summed E-state index contributed by atoms with van der Waals surface area (Å²) in [6.45, 7) is 3.20. The van der Waals surface area contributed by atoms with E-state index in [9.17, 15) is 0 Å². The van der Waals surface area contributed by atoms with Crippen molar-refractivity contribution in [2.24, 2.45) is 0 Å². The first kappa shape index (κ1) is 11.1. The largest absolute Gasteiger partial charge is 0.491 e. The van der Waals surface area contributed by atoms with E-state index >= 15 is 0 Å². The molecular weight excluding hydrogens is 202 g/mol. The summed E-state index contributed by atoms with van der Waals surface area (Å²) in [5.74, 6) is 1.27. The molecule has 0 aliphatic carbocycles. The SMILES string of the molecule is CCOc1cc(C[NH3+])cc(Cl)c1OC. The van der Waals surface area contributed by atoms with Gasteiger partial charge in [0.2, 0.25) is 0 Å². The lowest BCUT2D eigenvalue weighted by molar-refractivity contribution is -0.386. The van der Waals surface area contributed by atoms with Crippen molar-refractivity contribution in [1.29, 1.82) is 0 Å². The first-order valence-electron chi connectivity index (χ1n) is 4.51. The van der Waals surface area contributed by atoms with Crippen molar-refractivity contribution in [2.75, 3.05) is 13.7 Å². The van der Waals surface area contributed by atoms with Crippen molar-refractivity contribution < 1.29 is 15.2 Å². The third-order valence-corrected chi connectivity index (χ3v) is 2.14. The fourth-order valence-electron chi connectivity index (χ4n) is 1.23. The monoisotopic (exact) mass is 216 g/mol. The highest BCUT2D eigenvalue weighted by Crippen LogP contribution is 2.35. The fourth-order valence-corrected chi connectivity index (χ4v) is 1.54. The number of ether oxygens (including phenoxy) is 2. The molecule has 14 heavy (non-hydrogen) atoms. The zero-order chi connectivity index (χ0) is 10.6. The summed E-state index contributed by atoms with van der Waals surface area (Å²) >= 11 is 6.02. The highest BCUT2D eigenvalue weighted by Gasteiger charge is 2.11. The van der Waals surface area contributed by atoms with Crippen LogP contribution in [0.5, 0.6) is 11.5 Å². The van der Waals surface area contributed by atoms with Crippen molar-refractivity contribution in [2.45, 2.75) is 13.5 Å². The fraction of sp³-hybridized carbons (Fsp3) is 0.400. The van der Waals surface area contributed by atoms with Gasteiger partial charge in [-0.2, -0.15) is 0 Å². The van der Waals surface area contributed by atoms with Gasteiger partial charge in [-0.25, -0.2) is 0 Å². The topological polar surface area (TPSA) is 46.1 Å². The predicted octanol–water partition coefficient (Wildman–Crippen LogP) is 1.49. The van der Waals surface area contributed by atoms with Gasteiger partial charge in [-0.1, -0.05) is 11.6 Å². The Hall–Kier alpha value is -0.930. The molecule has 1 aromatic rings. The first-order valence-corrected chi connectivity index (χ1v) is 4.89. The minimum atomic E-state index is 0.567. The second kappa shape index (κ2) is 5.08. The van der Waals surface area contributed by atoms with Crippen LogP contribution in [0.25, 0.3) is 0 Å². The number of hydrogen-bond donors (Lipinski definition) is 1. The summed E-state index contributed by atoms with van der Waals surface area (Å²) < 4.78 is 10.6. The van der Waals surface area contributed by atoms with E-state index in [4.69, 9.17) is 21.1 Å². The molecule has 0 amide bonds. The van der Waals surface area contributed by atoms with Crippen molar-refractivity contribution in [3.63, 3.8) is 0 Å². The standard InChI is InChI=1S/C10H14ClNO2/c1-3-14-9-5-7(6-12)4-8(11)10(9)13-2/h4-5H,3,6,12H2,1-2H3/p+1. The molecule has 0 aliphatic heterocycles. The van der Waals surface area contributed by atoms with E-state index in [0.717, 1.165) is 5.56 Å². The molecule has 3 N–H and O–H groups in total. The number of quaternary nitrogens is 1. The van der Waals surface area contributed by atoms with E-state index in [1.54, 1.807) is 7.11 Å². The molecule has 3 nitrogen and oxygen atoms in total. The highest BCUT2D eigenvalue weighted by molar-refractivity contribution is 6.32. The molecule has 0 aliphatic rings. The second-order valence-electron chi connectivity index (χ2n) is 2.79. The van der Waals surface area contributed by atoms with Gasteiger partial charge in [0.15, 0.2) is 11.5 Å². The maximum atomic E-state index is 6.02. The average Bonchev–Trinajstić information content (AvgIpc) is 2.18. The summed E-state index contributed by atoms with van der Waals surface area (Å²) in [4.78, 5) is 0. The molecule has 0 bridgehead atoms. The minimum absolute atomic E-state index is 0.567. The Labute approximate surface area is 88.8 Å². The lowest BCUT2D eigenvalue weighted by Gasteiger charge is -2.11. The minimum Gasteiger partial charge on any atom is -0.491 e. The maximum absolute atomic E-state index is 6.02. The highest BCUT2D eigenvalue weighted by atomic mass is 35.5. The van der Waals surface area contributed by atoms with Gasteiger partial charge in [0, 0.05) is 5.56 Å². The summed E-state index contributed by atoms with van der Waals surface area (Å²) in [5.41, 5.74) is 4.84. The van der Waals surface area contributed by atoms with Crippen LogP contribution in [0, 0.1) is 0 Å². The molecule has 0 saturated heterocycles. The van der Waals surface area contributed by atoms with Gasteiger partial charge >= 0.3 is 0 Å². The Morgan fingerprint density at radius 3 is 2.64 bits per heavy atom. The first-order chi connectivity index (χ1) is 6.72. The van der Waals surface area contributed by atoms with Gasteiger partial charge < -0.3 is 15.2 Å². The summed E-state index contributed by atoms with van der Waals surface area (Å²) in [5, 5.41) is 0.567. The normalized spacial score (nSPS) is 10.0. The second-order valence-corrected chi connectivity index (χ2v) is 3.20. The van der Waals surface area contributed by atoms with E-state index in [1.807, 2.05) is 19.1 Å². The van der Waals surface area contributed by atoms with E-state index in [0.29, 0.717) is 29.7 Å². The Kier molecular flexibility index (Phi) is 4.04. The zero-order valence-corrected chi connectivity index (χ0v) is 9.23. The van der Waals surface area contributed by atoms with Crippen LogP contribution in [-0.4, -0.2) is 13.7 Å². The van der Waals surface area contributed by atoms with E-state index in [-0.39, 0.29) is 0 Å². The molecule has 1 rings (SSSR count). The Morgan fingerprint density at radius 1 is 1.43 bits per heavy atom. The molecule has 0 fully saturated rings. The van der Waals surface area contributed by atoms with Crippen molar-refractivity contribution in [1.82, 2.24) is 0 Å². The Balaban J connectivity index is 3.13. The molecule has 0 saturated carbocycles. The smallest absolute Gasteiger partial charge is 0.179 e. The van der Waals surface area contributed by atoms with Gasteiger partial charge in [0.1, 0.15) is 0 Å². The number of methoxy groups -OCH3 is 1. The van der Waals surface area contributed by atoms with Crippen LogP contribution in [0.15, 0.2) is 12.1 Å². The lowest BCUT2D eigenvalue weighted by Crippen LogP contribution is -2.47. The average molecular weight is 217 g/mol. The summed E-state index contributed by atoms with van der Waals surface area (Å²) in [6.07, 6.45) is 0. The van der Waals surface area contributed by atoms with E-state index in [1.165, 1.54) is 0 Å². The quantitative estimate of drug-likeness (QED) is 0.829. The number of hydrogen-bond acceptors (Lipinski definition) is 2. The van der Waals surface area contributed by atoms with Crippen molar-refractivity contribution in [3.05, 3.63) is 22.7 Å². The van der Waals surface area contributed by atoms with Gasteiger partial charge in [0.05, 0.1) is 25.3 Å². The van der Waals surface area contributed by atoms with E-state index in [2.05, 4.69) is 5.73 Å². The number of rotatable bonds is 4. The number of halogens is 1. The molecular formula is C10H15ClNO2+. The van der Waals surface area contributed by atoms with Gasteiger partial charge in [-0.3, -0.25) is 0 Å². The van der Waals surface area contributed by atoms with Crippen molar-refractivity contribution >= 4 is 11.6 Å². The molecule has 0 atom stereocenters. The van der Waals surface area contributed by atoms with E-state index < -0.39 is 0 Å². The molecule has 4 heteroatoms. The molecule has 0 radical (unpaired) electrons. The molecule has 0 heterocycles. The molecule has 78 valence electrons. The van der Waals surface area contributed by atoms with Gasteiger partial charge in [0.25, 0.3) is 0 Å². The molecule has 0 aromatic heterocycles. The van der Waals surface area contributed by atoms with Crippen molar-refractivity contribution in [3.8, 4) is 11.5 Å². The van der Waals surface area contributed by atoms with Gasteiger partial charge in [-0.05, 0) is 19.1 Å². The van der Waals surface area contributed by atoms with Crippen LogP contribution >= 0.6 is 11.6 Å². The van der Waals surface area contributed by atoms with Crippen LogP contribution in [0.1, 0.15) is 12.5 Å². The Morgan fingerprint density at radius 2 is 2.14 bits per heavy atom. The van der Waals surface area contributed by atoms with Crippen LogP contribution in [-0.2, 0) is 6.54 Å². The summed E-state index contributed by atoms with van der Waals surface area (Å²) in [6, 6.07) is 3.75. The Bertz CT molecular complexity index is 315. The lowest BCUT2D eigenvalue weighted by atomic mass is 10.2. The van der Waals surface area contributed by atoms with Gasteiger partial charge in [-0.15, -0.1) is 0 Å². The zero-order valence-electron chi connectivity index (χ0n) is 8.47. The van der Waals surface area contributed by atoms with Crippen LogP contribution < -0.4 is 15.2 Å². The maximum Gasteiger partial charge on any atom is 0.179 e. The third kappa shape index (κ3) is 2.30. The van der Waals surface area contributed by atoms with Crippen LogP contribution in [0.3, 0.4) is 0 Å². The molecule has 0 spiro atoms. The van der Waals surface area contributed by atoms with Crippen LogP contribution in [0.4, 0.5) is 0 Å².